The highest BCUT2D eigenvalue weighted by atomic mass is 16.6. The Morgan fingerprint density at radius 3 is 2.14 bits per heavy atom. The molecule has 0 aromatic heterocycles. The zero-order valence-electron chi connectivity index (χ0n) is 20.7. The zero-order valence-corrected chi connectivity index (χ0v) is 20.7. The van der Waals surface area contributed by atoms with Crippen LogP contribution in [-0.2, 0) is 14.2 Å². The van der Waals surface area contributed by atoms with Crippen LogP contribution in [0.5, 0.6) is 28.7 Å². The summed E-state index contributed by atoms with van der Waals surface area (Å²) in [4.78, 5) is 0. The van der Waals surface area contributed by atoms with Crippen molar-refractivity contribution in [2.45, 2.75) is 24.2 Å². The Hall–Kier alpha value is -3.52. The zero-order chi connectivity index (χ0) is 24.7. The molecule has 5 atom stereocenters. The van der Waals surface area contributed by atoms with Gasteiger partial charge < -0.3 is 37.9 Å². The lowest BCUT2D eigenvalue weighted by atomic mass is 9.74. The van der Waals surface area contributed by atoms with Crippen molar-refractivity contribution in [1.82, 2.24) is 0 Å². The normalized spacial score (nSPS) is 26.2. The van der Waals surface area contributed by atoms with E-state index in [2.05, 4.69) is 0 Å². The first-order chi connectivity index (χ1) is 17.1. The summed E-state index contributed by atoms with van der Waals surface area (Å²) >= 11 is 0. The third kappa shape index (κ3) is 3.72. The minimum Gasteiger partial charge on any atom is -0.501 e. The summed E-state index contributed by atoms with van der Waals surface area (Å²) < 4.78 is 47.0. The molecule has 0 spiro atoms. The largest absolute Gasteiger partial charge is 0.501 e. The lowest BCUT2D eigenvalue weighted by molar-refractivity contribution is -0.0278. The number of fused-ring (bicyclic) bond motifs is 5. The van der Waals surface area contributed by atoms with Crippen LogP contribution in [0.2, 0.25) is 0 Å². The molecule has 5 rings (SSSR count). The molecule has 2 aromatic carbocycles. The summed E-state index contributed by atoms with van der Waals surface area (Å²) in [6, 6.07) is 9.54. The van der Waals surface area contributed by atoms with E-state index in [1.807, 2.05) is 42.5 Å². The fraction of sp³-hybridized carbons (Fsp3) is 0.407. The third-order valence-electron chi connectivity index (χ3n) is 6.98. The molecule has 0 bridgehead atoms. The van der Waals surface area contributed by atoms with Gasteiger partial charge in [-0.25, -0.2) is 0 Å². The average Bonchev–Trinajstić information content (AvgIpc) is 3.30. The summed E-state index contributed by atoms with van der Waals surface area (Å²) in [6.07, 6.45) is 2.90. The Kier molecular flexibility index (Phi) is 6.15. The predicted octanol–water partition coefficient (Wildman–Crippen LogP) is 4.40. The van der Waals surface area contributed by atoms with Crippen molar-refractivity contribution in [3.63, 3.8) is 0 Å². The van der Waals surface area contributed by atoms with Crippen LogP contribution in [-0.4, -0.2) is 54.9 Å². The van der Waals surface area contributed by atoms with Crippen LogP contribution in [0, 0.1) is 5.92 Å². The first-order valence-electron chi connectivity index (χ1n) is 11.4. The molecule has 0 saturated carbocycles. The SMILES string of the molecule is COC1=CC2O[C@@H]3[C@@H](c4ccc(OC)c(OC)c4)Oc4cc(OC)cc(OC)c4[C@@H]3C2C(OC)=C1. The van der Waals surface area contributed by atoms with E-state index in [0.717, 1.165) is 16.9 Å². The highest BCUT2D eigenvalue weighted by Crippen LogP contribution is 2.59. The van der Waals surface area contributed by atoms with Gasteiger partial charge in [0.1, 0.15) is 34.9 Å². The molecule has 2 aliphatic heterocycles. The fourth-order valence-electron chi connectivity index (χ4n) is 5.39. The maximum absolute atomic E-state index is 6.68. The van der Waals surface area contributed by atoms with E-state index in [-0.39, 0.29) is 24.0 Å². The average molecular weight is 483 g/mol. The van der Waals surface area contributed by atoms with Crippen molar-refractivity contribution in [1.29, 1.82) is 0 Å². The summed E-state index contributed by atoms with van der Waals surface area (Å²) in [5.74, 6) is 4.57. The van der Waals surface area contributed by atoms with Crippen molar-refractivity contribution < 1.29 is 37.9 Å². The van der Waals surface area contributed by atoms with Gasteiger partial charge in [-0.05, 0) is 23.8 Å². The molecular weight excluding hydrogens is 452 g/mol. The second-order valence-corrected chi connectivity index (χ2v) is 8.54. The van der Waals surface area contributed by atoms with Gasteiger partial charge in [0.15, 0.2) is 17.6 Å². The molecule has 8 nitrogen and oxygen atoms in total. The molecule has 186 valence electrons. The van der Waals surface area contributed by atoms with Crippen LogP contribution in [0.1, 0.15) is 23.1 Å². The number of hydrogen-bond acceptors (Lipinski definition) is 8. The van der Waals surface area contributed by atoms with Gasteiger partial charge in [0, 0.05) is 29.7 Å². The quantitative estimate of drug-likeness (QED) is 0.575. The molecule has 1 fully saturated rings. The molecule has 1 aliphatic carbocycles. The second kappa shape index (κ2) is 9.26. The minimum absolute atomic E-state index is 0.0866. The van der Waals surface area contributed by atoms with Crippen molar-refractivity contribution in [2.24, 2.45) is 5.92 Å². The summed E-state index contributed by atoms with van der Waals surface area (Å²) in [5, 5.41) is 0. The second-order valence-electron chi connectivity index (χ2n) is 8.54. The minimum atomic E-state index is -0.424. The Morgan fingerprint density at radius 2 is 1.49 bits per heavy atom. The molecule has 1 saturated heterocycles. The van der Waals surface area contributed by atoms with E-state index in [4.69, 9.17) is 37.9 Å². The van der Waals surface area contributed by atoms with E-state index in [9.17, 15) is 0 Å². The topological polar surface area (TPSA) is 73.8 Å². The maximum atomic E-state index is 6.68. The van der Waals surface area contributed by atoms with Crippen molar-refractivity contribution in [2.75, 3.05) is 42.7 Å². The van der Waals surface area contributed by atoms with Gasteiger partial charge in [-0.3, -0.25) is 0 Å². The number of benzene rings is 2. The summed E-state index contributed by atoms with van der Waals surface area (Å²) in [6.45, 7) is 0. The molecular formula is C27H30O8. The molecule has 8 heteroatoms. The van der Waals surface area contributed by atoms with E-state index in [1.165, 1.54) is 0 Å². The van der Waals surface area contributed by atoms with Gasteiger partial charge in [-0.15, -0.1) is 0 Å². The van der Waals surface area contributed by atoms with Gasteiger partial charge in [-0.2, -0.15) is 0 Å². The maximum Gasteiger partial charge on any atom is 0.161 e. The van der Waals surface area contributed by atoms with Gasteiger partial charge >= 0.3 is 0 Å². The van der Waals surface area contributed by atoms with Gasteiger partial charge in [0.05, 0.1) is 54.7 Å². The Balaban J connectivity index is 1.68. The van der Waals surface area contributed by atoms with E-state index in [1.54, 1.807) is 42.7 Å². The Morgan fingerprint density at radius 1 is 0.714 bits per heavy atom. The van der Waals surface area contributed by atoms with Gasteiger partial charge in [0.2, 0.25) is 0 Å². The third-order valence-corrected chi connectivity index (χ3v) is 6.98. The lowest BCUT2D eigenvalue weighted by Gasteiger charge is -2.38. The monoisotopic (exact) mass is 482 g/mol. The van der Waals surface area contributed by atoms with Crippen LogP contribution in [0.15, 0.2) is 54.0 Å². The summed E-state index contributed by atoms with van der Waals surface area (Å²) in [5.41, 5.74) is 1.84. The van der Waals surface area contributed by atoms with E-state index in [0.29, 0.717) is 34.5 Å². The first kappa shape index (κ1) is 23.2. The highest BCUT2D eigenvalue weighted by Gasteiger charge is 2.56. The molecule has 0 amide bonds. The smallest absolute Gasteiger partial charge is 0.161 e. The van der Waals surface area contributed by atoms with Crippen LogP contribution < -0.4 is 23.7 Å². The standard InChI is InChI=1S/C27H30O8/c1-28-15-10-19(32-5)23-21(12-15)34-26(14-7-8-17(30-3)18(9-14)31-4)27-25(23)24-20(33-6)11-16(29-2)13-22(24)35-27/h7-13,22,24-27H,1-6H3/t22?,24?,25-,26-,27+/m1/s1. The molecule has 2 aromatic rings. The van der Waals surface area contributed by atoms with Crippen molar-refractivity contribution in [3.05, 3.63) is 65.1 Å². The van der Waals surface area contributed by atoms with Crippen LogP contribution in [0.4, 0.5) is 0 Å². The Bertz CT molecular complexity index is 1170. The van der Waals surface area contributed by atoms with Crippen LogP contribution >= 0.6 is 0 Å². The number of allylic oxidation sites excluding steroid dienone is 1. The highest BCUT2D eigenvalue weighted by molar-refractivity contribution is 5.57. The molecule has 3 aliphatic rings. The number of hydrogen-bond donors (Lipinski definition) is 0. The number of methoxy groups -OCH3 is 6. The molecule has 0 N–H and O–H groups in total. The molecule has 35 heavy (non-hydrogen) atoms. The fourth-order valence-corrected chi connectivity index (χ4v) is 5.39. The van der Waals surface area contributed by atoms with Crippen molar-refractivity contribution in [3.8, 4) is 28.7 Å². The summed E-state index contributed by atoms with van der Waals surface area (Å²) in [7, 11) is 9.81. The lowest BCUT2D eigenvalue weighted by Crippen LogP contribution is -2.35. The van der Waals surface area contributed by atoms with Crippen LogP contribution in [0.3, 0.4) is 0 Å². The van der Waals surface area contributed by atoms with E-state index >= 15 is 0 Å². The van der Waals surface area contributed by atoms with Gasteiger partial charge in [0.25, 0.3) is 0 Å². The number of rotatable bonds is 7. The van der Waals surface area contributed by atoms with E-state index < -0.39 is 6.10 Å². The first-order valence-corrected chi connectivity index (χ1v) is 11.4. The Labute approximate surface area is 204 Å². The van der Waals surface area contributed by atoms with Crippen molar-refractivity contribution >= 4 is 0 Å². The molecule has 2 unspecified atom stereocenters. The van der Waals surface area contributed by atoms with Gasteiger partial charge in [-0.1, -0.05) is 6.07 Å². The predicted molar refractivity (Wildman–Crippen MR) is 128 cm³/mol. The molecule has 0 radical (unpaired) electrons. The van der Waals surface area contributed by atoms with Crippen LogP contribution in [0.25, 0.3) is 0 Å². The molecule has 2 heterocycles. The number of ether oxygens (including phenoxy) is 8.